The number of nitrogens with zero attached hydrogens (tertiary/aromatic N) is 3. The summed E-state index contributed by atoms with van der Waals surface area (Å²) < 4.78 is 11.1. The molecule has 0 spiro atoms. The molecule has 1 atom stereocenters. The zero-order valence-corrected chi connectivity index (χ0v) is 19.9. The van der Waals surface area contributed by atoms with Crippen LogP contribution in [0.4, 0.5) is 4.79 Å². The highest BCUT2D eigenvalue weighted by atomic mass is 32.1. The first kappa shape index (κ1) is 21.9. The number of benzene rings is 2. The van der Waals surface area contributed by atoms with Crippen LogP contribution < -0.4 is 10.1 Å². The first-order valence-electron chi connectivity index (χ1n) is 10.9. The van der Waals surface area contributed by atoms with E-state index in [9.17, 15) is 4.79 Å². The predicted molar refractivity (Wildman–Crippen MR) is 131 cm³/mol. The minimum Gasteiger partial charge on any atom is -0.497 e. The molecule has 0 radical (unpaired) electrons. The number of carbonyl (C=O) groups is 1. The Labute approximate surface area is 201 Å². The maximum atomic E-state index is 13.3. The van der Waals surface area contributed by atoms with E-state index < -0.39 is 6.04 Å². The molecule has 3 heterocycles. The fourth-order valence-electron chi connectivity index (χ4n) is 4.05. The first-order valence-corrected chi connectivity index (χ1v) is 11.8. The van der Waals surface area contributed by atoms with Gasteiger partial charge in [-0.25, -0.2) is 4.79 Å². The number of hydrogen-bond donors (Lipinski definition) is 1. The Hall–Kier alpha value is -3.91. The summed E-state index contributed by atoms with van der Waals surface area (Å²) in [6, 6.07) is 19.1. The summed E-state index contributed by atoms with van der Waals surface area (Å²) in [5.41, 5.74) is 4.59. The van der Waals surface area contributed by atoms with Gasteiger partial charge in [0.05, 0.1) is 30.1 Å². The summed E-state index contributed by atoms with van der Waals surface area (Å²) in [4.78, 5) is 20.6. The minimum atomic E-state index is -0.411. The van der Waals surface area contributed by atoms with Crippen molar-refractivity contribution in [2.75, 3.05) is 7.11 Å². The van der Waals surface area contributed by atoms with Crippen LogP contribution in [0.15, 0.2) is 76.3 Å². The number of aromatic nitrogens is 2. The highest BCUT2D eigenvalue weighted by molar-refractivity contribution is 7.13. The molecule has 172 valence electrons. The molecule has 4 aromatic rings. The van der Waals surface area contributed by atoms with Gasteiger partial charge in [0.1, 0.15) is 5.75 Å². The molecule has 0 fully saturated rings. The van der Waals surface area contributed by atoms with Gasteiger partial charge in [-0.1, -0.05) is 53.2 Å². The molecular weight excluding hydrogens is 448 g/mol. The van der Waals surface area contributed by atoms with Gasteiger partial charge in [-0.05, 0) is 48.6 Å². The molecule has 2 amide bonds. The average Bonchev–Trinajstić information content (AvgIpc) is 3.54. The summed E-state index contributed by atoms with van der Waals surface area (Å²) in [5, 5.41) is 9.32. The standard InChI is InChI=1S/C26H24N4O3S/c1-16-9-11-19(12-10-16)23-22(25-28-24(29-33-25)21-8-5-13-34-21)17(2)30(26(31)27-23)15-18-6-4-7-20(14-18)32-3/h4-14,23H,15H2,1-3H3,(H,27,31). The van der Waals surface area contributed by atoms with Gasteiger partial charge in [-0.2, -0.15) is 4.98 Å². The number of carbonyl (C=O) groups excluding carboxylic acids is 1. The maximum Gasteiger partial charge on any atom is 0.322 e. The molecule has 1 N–H and O–H groups in total. The van der Waals surface area contributed by atoms with E-state index in [2.05, 4.69) is 10.5 Å². The molecule has 8 heteroatoms. The number of urea groups is 1. The van der Waals surface area contributed by atoms with Gasteiger partial charge < -0.3 is 14.6 Å². The van der Waals surface area contributed by atoms with Crippen molar-refractivity contribution in [1.82, 2.24) is 20.4 Å². The molecule has 1 unspecified atom stereocenters. The lowest BCUT2D eigenvalue weighted by Gasteiger charge is -2.35. The topological polar surface area (TPSA) is 80.5 Å². The lowest BCUT2D eigenvalue weighted by atomic mass is 9.94. The van der Waals surface area contributed by atoms with Crippen molar-refractivity contribution in [3.05, 3.63) is 94.3 Å². The van der Waals surface area contributed by atoms with Crippen LogP contribution >= 0.6 is 11.3 Å². The molecule has 2 aromatic carbocycles. The van der Waals surface area contributed by atoms with E-state index in [1.165, 1.54) is 0 Å². The largest absolute Gasteiger partial charge is 0.497 e. The zero-order chi connectivity index (χ0) is 23.7. The Kier molecular flexibility index (Phi) is 5.90. The fourth-order valence-corrected chi connectivity index (χ4v) is 4.70. The van der Waals surface area contributed by atoms with E-state index in [4.69, 9.17) is 14.2 Å². The Bertz CT molecular complexity index is 1340. The molecule has 2 aromatic heterocycles. The number of methoxy groups -OCH3 is 1. The van der Waals surface area contributed by atoms with E-state index in [1.54, 1.807) is 23.3 Å². The molecule has 1 aliphatic heterocycles. The lowest BCUT2D eigenvalue weighted by Crippen LogP contribution is -2.45. The molecule has 5 rings (SSSR count). The molecule has 34 heavy (non-hydrogen) atoms. The van der Waals surface area contributed by atoms with Crippen LogP contribution in [0.3, 0.4) is 0 Å². The Morgan fingerprint density at radius 2 is 1.94 bits per heavy atom. The minimum absolute atomic E-state index is 0.187. The summed E-state index contributed by atoms with van der Waals surface area (Å²) in [5.74, 6) is 1.66. The van der Waals surface area contributed by atoms with Crippen LogP contribution in [0.5, 0.6) is 5.75 Å². The zero-order valence-electron chi connectivity index (χ0n) is 19.1. The van der Waals surface area contributed by atoms with E-state index in [-0.39, 0.29) is 6.03 Å². The second-order valence-corrected chi connectivity index (χ2v) is 9.08. The average molecular weight is 473 g/mol. The third kappa shape index (κ3) is 4.20. The monoisotopic (exact) mass is 472 g/mol. The first-order chi connectivity index (χ1) is 16.5. The van der Waals surface area contributed by atoms with Crippen molar-refractivity contribution >= 4 is 22.9 Å². The SMILES string of the molecule is COc1cccc(CN2C(=O)NC(c3ccc(C)cc3)C(c3nc(-c4cccs4)no3)=C2C)c1. The van der Waals surface area contributed by atoms with Crippen LogP contribution in [0, 0.1) is 6.92 Å². The summed E-state index contributed by atoms with van der Waals surface area (Å²) in [7, 11) is 1.63. The third-order valence-corrected chi connectivity index (χ3v) is 6.75. The van der Waals surface area contributed by atoms with Crippen LogP contribution in [-0.4, -0.2) is 28.2 Å². The van der Waals surface area contributed by atoms with Crippen molar-refractivity contribution in [3.8, 4) is 16.5 Å². The van der Waals surface area contributed by atoms with Gasteiger partial charge in [0.2, 0.25) is 5.82 Å². The number of nitrogens with one attached hydrogen (secondary N) is 1. The Morgan fingerprint density at radius 3 is 2.68 bits per heavy atom. The van der Waals surface area contributed by atoms with Crippen molar-refractivity contribution in [2.24, 2.45) is 0 Å². The lowest BCUT2D eigenvalue weighted by molar-refractivity contribution is 0.203. The van der Waals surface area contributed by atoms with Gasteiger partial charge in [0.25, 0.3) is 5.89 Å². The number of aryl methyl sites for hydroxylation is 1. The van der Waals surface area contributed by atoms with Crippen LogP contribution in [0.2, 0.25) is 0 Å². The molecule has 1 aliphatic rings. The van der Waals surface area contributed by atoms with Gasteiger partial charge in [-0.15, -0.1) is 11.3 Å². The Balaban J connectivity index is 1.59. The number of rotatable bonds is 6. The van der Waals surface area contributed by atoms with Gasteiger partial charge in [0, 0.05) is 5.70 Å². The molecule has 0 bridgehead atoms. The fraction of sp³-hybridized carbons (Fsp3) is 0.192. The molecular formula is C26H24N4O3S. The quantitative estimate of drug-likeness (QED) is 0.383. The second kappa shape index (κ2) is 9.15. The summed E-state index contributed by atoms with van der Waals surface area (Å²) in [6.45, 7) is 4.34. The second-order valence-electron chi connectivity index (χ2n) is 8.13. The van der Waals surface area contributed by atoms with Crippen LogP contribution in [-0.2, 0) is 6.54 Å². The van der Waals surface area contributed by atoms with Gasteiger partial charge in [-0.3, -0.25) is 4.90 Å². The van der Waals surface area contributed by atoms with Crippen molar-refractivity contribution in [3.63, 3.8) is 0 Å². The summed E-state index contributed by atoms with van der Waals surface area (Å²) >= 11 is 1.55. The molecule has 7 nitrogen and oxygen atoms in total. The van der Waals surface area contributed by atoms with E-state index in [0.717, 1.165) is 38.6 Å². The van der Waals surface area contributed by atoms with Crippen molar-refractivity contribution < 1.29 is 14.1 Å². The number of ether oxygens (including phenoxy) is 1. The number of thiophene rings is 1. The van der Waals surface area contributed by atoms with Crippen LogP contribution in [0.1, 0.15) is 35.5 Å². The van der Waals surface area contributed by atoms with E-state index in [0.29, 0.717) is 18.3 Å². The van der Waals surface area contributed by atoms with Crippen molar-refractivity contribution in [2.45, 2.75) is 26.4 Å². The number of allylic oxidation sites excluding steroid dienone is 1. The van der Waals surface area contributed by atoms with Crippen LogP contribution in [0.25, 0.3) is 16.3 Å². The normalized spacial score (nSPS) is 16.0. The van der Waals surface area contributed by atoms with E-state index >= 15 is 0 Å². The molecule has 0 saturated carbocycles. The summed E-state index contributed by atoms with van der Waals surface area (Å²) in [6.07, 6.45) is 0. The number of hydrogen-bond acceptors (Lipinski definition) is 6. The third-order valence-electron chi connectivity index (χ3n) is 5.88. The van der Waals surface area contributed by atoms with Gasteiger partial charge >= 0.3 is 6.03 Å². The molecule has 0 saturated heterocycles. The smallest absolute Gasteiger partial charge is 0.322 e. The highest BCUT2D eigenvalue weighted by Gasteiger charge is 2.35. The molecule has 0 aliphatic carbocycles. The van der Waals surface area contributed by atoms with Crippen molar-refractivity contribution in [1.29, 1.82) is 0 Å². The van der Waals surface area contributed by atoms with E-state index in [1.807, 2.05) is 79.9 Å². The van der Waals surface area contributed by atoms with Gasteiger partial charge in [0.15, 0.2) is 0 Å². The predicted octanol–water partition coefficient (Wildman–Crippen LogP) is 5.81. The highest BCUT2D eigenvalue weighted by Crippen LogP contribution is 2.38. The Morgan fingerprint density at radius 1 is 1.12 bits per heavy atom. The maximum absolute atomic E-state index is 13.3. The number of amides is 2.